The Morgan fingerprint density at radius 1 is 0.688 bits per heavy atom. The summed E-state index contributed by atoms with van der Waals surface area (Å²) in [6.07, 6.45) is -23.9. The molecule has 22 heteroatoms. The standard InChI is InChI=1S/C42H46O22/c1-16-28(48)34(54)39(64-41-36(56)33(53)30(50)25(62-41)15-57-26(47)11-4-17-2-7-19(44)8-3-17)42(58-16)63-38-31(51)27-22(46)12-21(59-40-35(55)32(52)29(49)24(14-43)61-40)13-23(27)60-37(38)18-5-9-20(45)10-6-18/h2-13,16,24-25,28-30,32-36,39-46,48-50,52-56H,14-15H2,1H3. The molecule has 12 N–H and O–H groups in total. The van der Waals surface area contributed by atoms with Gasteiger partial charge in [-0.05, 0) is 55.0 Å². The number of rotatable bonds is 12. The molecule has 15 atom stereocenters. The summed E-state index contributed by atoms with van der Waals surface area (Å²) in [7, 11) is 0. The van der Waals surface area contributed by atoms with Crippen molar-refractivity contribution in [1.82, 2.24) is 0 Å². The minimum atomic E-state index is -2.03. The van der Waals surface area contributed by atoms with Crippen LogP contribution in [0.3, 0.4) is 0 Å². The molecular formula is C42H46O22. The number of phenols is 3. The van der Waals surface area contributed by atoms with Crippen molar-refractivity contribution in [2.75, 3.05) is 13.2 Å². The minimum absolute atomic E-state index is 0.00919. The average molecular weight is 903 g/mol. The van der Waals surface area contributed by atoms with Gasteiger partial charge in [0.25, 0.3) is 0 Å². The van der Waals surface area contributed by atoms with Crippen LogP contribution in [0, 0.1) is 0 Å². The fourth-order valence-corrected chi connectivity index (χ4v) is 7.18. The topological polar surface area (TPSA) is 355 Å². The molecule has 7 rings (SSSR count). The number of hydrogen-bond acceptors (Lipinski definition) is 22. The van der Waals surface area contributed by atoms with E-state index in [2.05, 4.69) is 0 Å². The van der Waals surface area contributed by atoms with E-state index in [9.17, 15) is 70.9 Å². The van der Waals surface area contributed by atoms with Gasteiger partial charge in [0.1, 0.15) is 102 Å². The first kappa shape index (κ1) is 46.5. The highest BCUT2D eigenvalue weighted by Gasteiger charge is 2.51. The highest BCUT2D eigenvalue weighted by atomic mass is 16.8. The summed E-state index contributed by atoms with van der Waals surface area (Å²) in [6, 6.07) is 13.0. The van der Waals surface area contributed by atoms with Crippen molar-refractivity contribution in [3.05, 3.63) is 82.5 Å². The lowest BCUT2D eigenvalue weighted by Gasteiger charge is -2.45. The van der Waals surface area contributed by atoms with Gasteiger partial charge in [-0.15, -0.1) is 0 Å². The third-order valence-electron chi connectivity index (χ3n) is 10.8. The van der Waals surface area contributed by atoms with E-state index in [1.165, 1.54) is 61.5 Å². The molecule has 3 aliphatic heterocycles. The number of carbonyl (C=O) groups excluding carboxylic acids is 1. The predicted molar refractivity (Wildman–Crippen MR) is 212 cm³/mol. The van der Waals surface area contributed by atoms with Gasteiger partial charge in [-0.2, -0.15) is 0 Å². The molecule has 1 aromatic heterocycles. The molecule has 346 valence electrons. The first-order valence-corrected chi connectivity index (χ1v) is 19.7. The second kappa shape index (κ2) is 19.3. The molecule has 15 unspecified atom stereocenters. The maximum Gasteiger partial charge on any atom is 0.330 e. The molecule has 0 aliphatic carbocycles. The van der Waals surface area contributed by atoms with Gasteiger partial charge in [0, 0.05) is 23.8 Å². The van der Waals surface area contributed by atoms with Crippen LogP contribution in [-0.2, 0) is 28.5 Å². The van der Waals surface area contributed by atoms with E-state index in [1.54, 1.807) is 0 Å². The molecule has 3 saturated heterocycles. The molecule has 3 aliphatic rings. The van der Waals surface area contributed by atoms with Crippen LogP contribution in [0.25, 0.3) is 28.4 Å². The van der Waals surface area contributed by atoms with Crippen molar-refractivity contribution in [1.29, 1.82) is 0 Å². The number of esters is 1. The highest BCUT2D eigenvalue weighted by Crippen LogP contribution is 2.39. The van der Waals surface area contributed by atoms with Crippen molar-refractivity contribution in [2.45, 2.75) is 99.0 Å². The molecular weight excluding hydrogens is 856 g/mol. The van der Waals surface area contributed by atoms with Crippen molar-refractivity contribution < 1.29 is 104 Å². The first-order valence-electron chi connectivity index (χ1n) is 19.7. The zero-order valence-electron chi connectivity index (χ0n) is 33.5. The van der Waals surface area contributed by atoms with Gasteiger partial charge in [0.05, 0.1) is 12.7 Å². The van der Waals surface area contributed by atoms with Crippen LogP contribution in [0.1, 0.15) is 12.5 Å². The number of aliphatic hydroxyl groups is 9. The van der Waals surface area contributed by atoms with E-state index >= 15 is 0 Å². The van der Waals surface area contributed by atoms with Crippen molar-refractivity contribution in [2.24, 2.45) is 0 Å². The maximum absolute atomic E-state index is 14.4. The normalized spacial score (nSPS) is 33.2. The Hall–Kier alpha value is -5.44. The fourth-order valence-electron chi connectivity index (χ4n) is 7.18. The van der Waals surface area contributed by atoms with Crippen LogP contribution in [0.5, 0.6) is 28.7 Å². The number of ether oxygens (including phenoxy) is 7. The number of phenolic OH excluding ortho intramolecular Hbond substituents is 3. The third-order valence-corrected chi connectivity index (χ3v) is 10.8. The second-order valence-corrected chi connectivity index (χ2v) is 15.2. The van der Waals surface area contributed by atoms with Gasteiger partial charge >= 0.3 is 5.97 Å². The Morgan fingerprint density at radius 3 is 1.95 bits per heavy atom. The number of hydrogen-bond donors (Lipinski definition) is 12. The van der Waals surface area contributed by atoms with Gasteiger partial charge in [0.15, 0.2) is 18.2 Å². The van der Waals surface area contributed by atoms with Crippen molar-refractivity contribution >= 4 is 23.0 Å². The quantitative estimate of drug-likeness (QED) is 0.0543. The predicted octanol–water partition coefficient (Wildman–Crippen LogP) is -1.95. The zero-order valence-corrected chi connectivity index (χ0v) is 33.5. The summed E-state index contributed by atoms with van der Waals surface area (Å²) in [5, 5.41) is 125. The third kappa shape index (κ3) is 9.64. The smallest absolute Gasteiger partial charge is 0.330 e. The van der Waals surface area contributed by atoms with Gasteiger partial charge < -0.3 is 98.9 Å². The van der Waals surface area contributed by atoms with E-state index in [-0.39, 0.29) is 34.2 Å². The van der Waals surface area contributed by atoms with E-state index in [0.717, 1.165) is 18.2 Å². The lowest BCUT2D eigenvalue weighted by molar-refractivity contribution is -0.355. The second-order valence-electron chi connectivity index (χ2n) is 15.2. The molecule has 22 nitrogen and oxygen atoms in total. The Kier molecular flexibility index (Phi) is 14.1. The molecule has 4 aromatic rings. The van der Waals surface area contributed by atoms with E-state index in [1.807, 2.05) is 0 Å². The average Bonchev–Trinajstić information content (AvgIpc) is 3.27. The summed E-state index contributed by atoms with van der Waals surface area (Å²) in [5.74, 6) is -3.18. The number of aromatic hydroxyl groups is 3. The Balaban J connectivity index is 1.17. The van der Waals surface area contributed by atoms with E-state index < -0.39 is 134 Å². The van der Waals surface area contributed by atoms with Crippen LogP contribution in [0.2, 0.25) is 0 Å². The summed E-state index contributed by atoms with van der Waals surface area (Å²) in [5.41, 5.74) is -0.785. The van der Waals surface area contributed by atoms with Crippen LogP contribution >= 0.6 is 0 Å². The van der Waals surface area contributed by atoms with Gasteiger partial charge in [-0.1, -0.05) is 12.1 Å². The lowest BCUT2D eigenvalue weighted by atomic mass is 9.97. The molecule has 0 radical (unpaired) electrons. The number of benzene rings is 3. The van der Waals surface area contributed by atoms with Crippen molar-refractivity contribution in [3.8, 4) is 40.1 Å². The summed E-state index contributed by atoms with van der Waals surface area (Å²) in [6.45, 7) is -0.0916. The number of fused-ring (bicyclic) bond motifs is 1. The van der Waals surface area contributed by atoms with Crippen LogP contribution in [0.15, 0.2) is 76.0 Å². The molecule has 0 bridgehead atoms. The van der Waals surface area contributed by atoms with Crippen LogP contribution < -0.4 is 14.9 Å². The Morgan fingerprint density at radius 2 is 1.30 bits per heavy atom. The molecule has 3 fully saturated rings. The van der Waals surface area contributed by atoms with Gasteiger partial charge in [-0.3, -0.25) is 4.79 Å². The molecule has 0 amide bonds. The largest absolute Gasteiger partial charge is 0.508 e. The van der Waals surface area contributed by atoms with Gasteiger partial charge in [0.2, 0.25) is 23.8 Å². The lowest BCUT2D eigenvalue weighted by Crippen LogP contribution is -2.64. The summed E-state index contributed by atoms with van der Waals surface area (Å²) in [4.78, 5) is 26.9. The Labute approximate surface area is 361 Å². The molecule has 3 aromatic carbocycles. The monoisotopic (exact) mass is 902 g/mol. The number of carbonyl (C=O) groups is 1. The van der Waals surface area contributed by atoms with Crippen LogP contribution in [-0.4, -0.2) is 173 Å². The molecule has 64 heavy (non-hydrogen) atoms. The fraction of sp³-hybridized carbons (Fsp3) is 0.429. The SMILES string of the molecule is CC1OC(Oc2c(-c3ccc(O)cc3)oc3cc(OC4OC(CO)C(O)C(O)C4O)cc(O)c3c2=O)C(OC2OC(COC(=O)C=Cc3ccc(O)cc3)C(O)C(O)C2O)C(O)C1O. The summed E-state index contributed by atoms with van der Waals surface area (Å²) < 4.78 is 45.8. The first-order chi connectivity index (χ1) is 30.4. The Bertz CT molecular complexity index is 2330. The van der Waals surface area contributed by atoms with Crippen molar-refractivity contribution in [3.63, 3.8) is 0 Å². The highest BCUT2D eigenvalue weighted by molar-refractivity contribution is 5.88. The van der Waals surface area contributed by atoms with E-state index in [4.69, 9.17) is 37.6 Å². The van der Waals surface area contributed by atoms with Gasteiger partial charge in [-0.25, -0.2) is 4.79 Å². The minimum Gasteiger partial charge on any atom is -0.508 e. The maximum atomic E-state index is 14.4. The molecule has 4 heterocycles. The molecule has 0 saturated carbocycles. The van der Waals surface area contributed by atoms with Crippen LogP contribution in [0.4, 0.5) is 0 Å². The summed E-state index contributed by atoms with van der Waals surface area (Å²) >= 11 is 0. The molecule has 0 spiro atoms. The van der Waals surface area contributed by atoms with E-state index in [0.29, 0.717) is 5.56 Å². The number of aliphatic hydroxyl groups excluding tert-OH is 9. The zero-order chi connectivity index (χ0) is 46.1.